The van der Waals surface area contributed by atoms with Crippen LogP contribution in [0.15, 0.2) is 17.0 Å². The quantitative estimate of drug-likeness (QED) is 0.400. The number of rotatable bonds is 11. The van der Waals surface area contributed by atoms with Gasteiger partial charge in [-0.3, -0.25) is 9.69 Å². The molecule has 2 fully saturated rings. The molecule has 1 heterocycles. The maximum atomic E-state index is 13.2. The Labute approximate surface area is 223 Å². The highest BCUT2D eigenvalue weighted by atomic mass is 32.2. The van der Waals surface area contributed by atoms with Crippen LogP contribution in [0.5, 0.6) is 5.75 Å². The van der Waals surface area contributed by atoms with Gasteiger partial charge in [0.15, 0.2) is 0 Å². The van der Waals surface area contributed by atoms with Crippen LogP contribution in [0.1, 0.15) is 43.2 Å². The number of sulfonamides is 1. The summed E-state index contributed by atoms with van der Waals surface area (Å²) in [5, 5.41) is 0. The Morgan fingerprint density at radius 1 is 1.05 bits per heavy atom. The maximum absolute atomic E-state index is 13.2. The first-order valence-corrected chi connectivity index (χ1v) is 14.7. The second-order valence-electron chi connectivity index (χ2n) is 10.8. The molecule has 1 aromatic carbocycles. The molecular formula is C27H46N4O5S. The molecule has 3 rings (SSSR count). The molecule has 37 heavy (non-hydrogen) atoms. The van der Waals surface area contributed by atoms with Crippen molar-refractivity contribution in [3.05, 3.63) is 23.3 Å². The summed E-state index contributed by atoms with van der Waals surface area (Å²) in [5.41, 5.74) is 1.27. The fourth-order valence-corrected chi connectivity index (χ4v) is 7.27. The number of carbonyl (C=O) groups excluding carboxylic acids is 1. The average molecular weight is 539 g/mol. The average Bonchev–Trinajstić information content (AvgIpc) is 3.36. The van der Waals surface area contributed by atoms with E-state index in [4.69, 9.17) is 9.47 Å². The van der Waals surface area contributed by atoms with E-state index in [1.165, 1.54) is 24.2 Å². The minimum Gasteiger partial charge on any atom is -0.497 e. The Morgan fingerprint density at radius 2 is 1.73 bits per heavy atom. The molecule has 0 spiro atoms. The third-order valence-electron chi connectivity index (χ3n) is 8.12. The smallest absolute Gasteiger partial charge is 0.248 e. The number of hydrogen-bond acceptors (Lipinski definition) is 7. The lowest BCUT2D eigenvalue weighted by molar-refractivity contribution is -0.137. The number of nitrogens with zero attached hydrogens (tertiary/aromatic N) is 4. The van der Waals surface area contributed by atoms with Gasteiger partial charge in [0.2, 0.25) is 15.9 Å². The number of methoxy groups -OCH3 is 1. The third-order valence-corrected chi connectivity index (χ3v) is 10.3. The van der Waals surface area contributed by atoms with Gasteiger partial charge in [-0.05, 0) is 83.3 Å². The number of hydrogen-bond donors (Lipinski definition) is 0. The summed E-state index contributed by atoms with van der Waals surface area (Å²) >= 11 is 0. The molecule has 1 aromatic rings. The zero-order valence-electron chi connectivity index (χ0n) is 23.7. The van der Waals surface area contributed by atoms with Crippen molar-refractivity contribution in [1.82, 2.24) is 19.0 Å². The van der Waals surface area contributed by atoms with E-state index in [9.17, 15) is 13.2 Å². The predicted molar refractivity (Wildman–Crippen MR) is 146 cm³/mol. The number of benzene rings is 1. The van der Waals surface area contributed by atoms with E-state index < -0.39 is 10.0 Å². The number of amides is 1. The summed E-state index contributed by atoms with van der Waals surface area (Å²) in [6.45, 7) is 6.04. The fraction of sp³-hybridized carbons (Fsp3) is 0.741. The van der Waals surface area contributed by atoms with E-state index in [0.29, 0.717) is 29.0 Å². The fourth-order valence-electron chi connectivity index (χ4n) is 5.71. The SMILES string of the molecule is COc1cc(C)c(S(=O)(=O)N(C)CCOCC(=O)N(C)[C@@H]2CCC[C@@H](N3CCC(N(C)C)C3)C2)c(C)c1. The van der Waals surface area contributed by atoms with E-state index in [0.717, 1.165) is 32.4 Å². The molecule has 9 nitrogen and oxygen atoms in total. The zero-order valence-corrected chi connectivity index (χ0v) is 24.5. The van der Waals surface area contributed by atoms with Crippen molar-refractivity contribution >= 4 is 15.9 Å². The van der Waals surface area contributed by atoms with Crippen molar-refractivity contribution in [1.29, 1.82) is 0 Å². The predicted octanol–water partition coefficient (Wildman–Crippen LogP) is 2.35. The Kier molecular flexibility index (Phi) is 10.4. The zero-order chi connectivity index (χ0) is 27.3. The van der Waals surface area contributed by atoms with Gasteiger partial charge in [0, 0.05) is 51.9 Å². The molecule has 1 amide bonds. The van der Waals surface area contributed by atoms with Gasteiger partial charge in [0.25, 0.3) is 0 Å². The van der Waals surface area contributed by atoms with Gasteiger partial charge in [-0.1, -0.05) is 0 Å². The molecule has 10 heteroatoms. The summed E-state index contributed by atoms with van der Waals surface area (Å²) in [4.78, 5) is 19.9. The molecule has 0 radical (unpaired) electrons. The monoisotopic (exact) mass is 538 g/mol. The topological polar surface area (TPSA) is 82.6 Å². The molecule has 1 aliphatic carbocycles. The van der Waals surface area contributed by atoms with E-state index >= 15 is 0 Å². The van der Waals surface area contributed by atoms with Crippen molar-refractivity contribution in [3.8, 4) is 5.75 Å². The summed E-state index contributed by atoms with van der Waals surface area (Å²) < 4.78 is 38.5. The van der Waals surface area contributed by atoms with Crippen LogP contribution in [0.4, 0.5) is 0 Å². The van der Waals surface area contributed by atoms with Crippen LogP contribution in [0.25, 0.3) is 0 Å². The summed E-state index contributed by atoms with van der Waals surface area (Å²) in [7, 11) is 5.59. The van der Waals surface area contributed by atoms with Crippen molar-refractivity contribution in [2.24, 2.45) is 0 Å². The van der Waals surface area contributed by atoms with E-state index in [2.05, 4.69) is 23.9 Å². The van der Waals surface area contributed by atoms with Gasteiger partial charge < -0.3 is 19.3 Å². The Balaban J connectivity index is 1.46. The highest BCUT2D eigenvalue weighted by molar-refractivity contribution is 7.89. The Morgan fingerprint density at radius 3 is 2.32 bits per heavy atom. The van der Waals surface area contributed by atoms with Gasteiger partial charge in [0.05, 0.1) is 18.6 Å². The molecule has 0 bridgehead atoms. The minimum absolute atomic E-state index is 0.0431. The van der Waals surface area contributed by atoms with E-state index in [-0.39, 0.29) is 36.6 Å². The molecule has 2 aliphatic rings. The first-order chi connectivity index (χ1) is 17.4. The van der Waals surface area contributed by atoms with Crippen LogP contribution in [0.2, 0.25) is 0 Å². The summed E-state index contributed by atoms with van der Waals surface area (Å²) in [6.07, 6.45) is 5.56. The lowest BCUT2D eigenvalue weighted by atomic mass is 9.89. The van der Waals surface area contributed by atoms with E-state index in [1.807, 2.05) is 11.9 Å². The standard InChI is InChI=1S/C27H46N4O5S/c1-20-15-25(35-7)16-21(2)27(20)37(33,34)29(5)13-14-36-19-26(32)30(6)22-9-8-10-23(17-22)31-12-11-24(18-31)28(3)4/h15-16,22-24H,8-14,17-19H2,1-7H3/t22-,23-,24?/m1/s1. The molecule has 0 N–H and O–H groups in total. The maximum Gasteiger partial charge on any atom is 0.248 e. The van der Waals surface area contributed by atoms with Gasteiger partial charge >= 0.3 is 0 Å². The summed E-state index contributed by atoms with van der Waals surface area (Å²) in [6, 6.07) is 4.81. The van der Waals surface area contributed by atoms with E-state index in [1.54, 1.807) is 33.1 Å². The molecule has 1 unspecified atom stereocenters. The van der Waals surface area contributed by atoms with Crippen LogP contribution < -0.4 is 4.74 Å². The molecule has 3 atom stereocenters. The lowest BCUT2D eigenvalue weighted by Gasteiger charge is -2.39. The number of aryl methyl sites for hydroxylation is 2. The second kappa shape index (κ2) is 12.9. The van der Waals surface area contributed by atoms with Crippen LogP contribution >= 0.6 is 0 Å². The number of likely N-dealkylation sites (N-methyl/N-ethyl adjacent to an activating group) is 3. The molecule has 1 saturated carbocycles. The van der Waals surface area contributed by atoms with Crippen LogP contribution in [0.3, 0.4) is 0 Å². The van der Waals surface area contributed by atoms with Crippen molar-refractivity contribution in [2.45, 2.75) is 69.0 Å². The van der Waals surface area contributed by atoms with Gasteiger partial charge in [-0.25, -0.2) is 8.42 Å². The molecular weight excluding hydrogens is 492 g/mol. The first kappa shape index (κ1) is 29.8. The number of likely N-dealkylation sites (tertiary alicyclic amines) is 1. The van der Waals surface area contributed by atoms with Crippen molar-refractivity contribution in [2.75, 3.05) is 68.1 Å². The van der Waals surface area contributed by atoms with Crippen LogP contribution in [-0.2, 0) is 19.6 Å². The lowest BCUT2D eigenvalue weighted by Crippen LogP contribution is -2.47. The second-order valence-corrected chi connectivity index (χ2v) is 12.8. The Bertz CT molecular complexity index is 1010. The number of ether oxygens (including phenoxy) is 2. The van der Waals surface area contributed by atoms with Crippen molar-refractivity contribution in [3.63, 3.8) is 0 Å². The van der Waals surface area contributed by atoms with Gasteiger partial charge in [-0.2, -0.15) is 4.31 Å². The Hall–Kier alpha value is -1.72. The van der Waals surface area contributed by atoms with Crippen LogP contribution in [0, 0.1) is 13.8 Å². The normalized spacial score (nSPS) is 23.1. The molecule has 1 saturated heterocycles. The van der Waals surface area contributed by atoms with Gasteiger partial charge in [0.1, 0.15) is 12.4 Å². The van der Waals surface area contributed by atoms with Gasteiger partial charge in [-0.15, -0.1) is 0 Å². The first-order valence-electron chi connectivity index (χ1n) is 13.3. The highest BCUT2D eigenvalue weighted by Gasteiger charge is 2.34. The molecule has 210 valence electrons. The van der Waals surface area contributed by atoms with Crippen LogP contribution in [-0.4, -0.2) is 120 Å². The number of carbonyl (C=O) groups is 1. The largest absolute Gasteiger partial charge is 0.497 e. The molecule has 1 aliphatic heterocycles. The summed E-state index contributed by atoms with van der Waals surface area (Å²) in [5.74, 6) is 0.579. The molecule has 0 aromatic heterocycles. The highest BCUT2D eigenvalue weighted by Crippen LogP contribution is 2.30. The third kappa shape index (κ3) is 7.23. The van der Waals surface area contributed by atoms with Crippen molar-refractivity contribution < 1.29 is 22.7 Å². The minimum atomic E-state index is -3.69.